The van der Waals surface area contributed by atoms with E-state index in [1.54, 1.807) is 31.4 Å². The number of carbonyl (C=O) groups is 1. The number of fused-ring (bicyclic) bond motifs is 1. The van der Waals surface area contributed by atoms with Crippen molar-refractivity contribution in [3.05, 3.63) is 95.5 Å². The van der Waals surface area contributed by atoms with Crippen LogP contribution in [-0.2, 0) is 21.2 Å². The van der Waals surface area contributed by atoms with Gasteiger partial charge in [-0.05, 0) is 65.9 Å². The van der Waals surface area contributed by atoms with Gasteiger partial charge in [0.05, 0.1) is 17.7 Å². The average molecular weight is 575 g/mol. The van der Waals surface area contributed by atoms with Crippen LogP contribution in [0.3, 0.4) is 0 Å². The molecule has 2 heterocycles. The van der Waals surface area contributed by atoms with Crippen LogP contribution >= 0.6 is 11.3 Å². The zero-order chi connectivity index (χ0) is 28.3. The zero-order valence-electron chi connectivity index (χ0n) is 22.3. The van der Waals surface area contributed by atoms with Crippen molar-refractivity contribution < 1.29 is 17.9 Å². The molecule has 10 heteroatoms. The molecule has 3 N–H and O–H groups in total. The Morgan fingerprint density at radius 3 is 2.45 bits per heavy atom. The Kier molecular flexibility index (Phi) is 8.02. The van der Waals surface area contributed by atoms with Crippen molar-refractivity contribution in [1.82, 2.24) is 14.7 Å². The minimum absolute atomic E-state index is 0.102. The number of sulfonamides is 1. The van der Waals surface area contributed by atoms with E-state index in [0.29, 0.717) is 10.8 Å². The van der Waals surface area contributed by atoms with E-state index < -0.39 is 22.0 Å². The highest BCUT2D eigenvalue weighted by Crippen LogP contribution is 2.27. The first-order valence-electron chi connectivity index (χ1n) is 12.8. The van der Waals surface area contributed by atoms with Crippen LogP contribution in [0.2, 0.25) is 0 Å². The molecule has 40 heavy (non-hydrogen) atoms. The monoisotopic (exact) mass is 574 g/mol. The number of hydrogen-bond acceptors (Lipinski definition) is 6. The molecular weight excluding hydrogens is 544 g/mol. The molecule has 0 bridgehead atoms. The highest BCUT2D eigenvalue weighted by molar-refractivity contribution is 7.89. The van der Waals surface area contributed by atoms with E-state index in [0.717, 1.165) is 33.3 Å². The van der Waals surface area contributed by atoms with E-state index in [-0.39, 0.29) is 17.2 Å². The topological polar surface area (TPSA) is 113 Å². The van der Waals surface area contributed by atoms with Gasteiger partial charge in [0, 0.05) is 28.0 Å². The van der Waals surface area contributed by atoms with Gasteiger partial charge in [0.2, 0.25) is 15.9 Å². The molecular formula is C30H30N4O4S2. The number of aromatic nitrogens is 2. The van der Waals surface area contributed by atoms with Gasteiger partial charge in [-0.15, -0.1) is 11.3 Å². The first-order chi connectivity index (χ1) is 19.2. The van der Waals surface area contributed by atoms with Crippen LogP contribution in [0.5, 0.6) is 5.75 Å². The van der Waals surface area contributed by atoms with E-state index in [2.05, 4.69) is 20.0 Å². The van der Waals surface area contributed by atoms with Gasteiger partial charge in [0.1, 0.15) is 11.8 Å². The molecule has 0 saturated carbocycles. The number of thiazole rings is 1. The second-order valence-electron chi connectivity index (χ2n) is 9.72. The number of nitrogens with one attached hydrogen (secondary N) is 3. The molecule has 2 aromatic heterocycles. The lowest BCUT2D eigenvalue weighted by Crippen LogP contribution is -2.45. The van der Waals surface area contributed by atoms with Crippen molar-refractivity contribution in [3.8, 4) is 17.0 Å². The van der Waals surface area contributed by atoms with Gasteiger partial charge in [-0.2, -0.15) is 4.72 Å². The van der Waals surface area contributed by atoms with Gasteiger partial charge >= 0.3 is 0 Å². The van der Waals surface area contributed by atoms with Crippen LogP contribution in [0.4, 0.5) is 5.13 Å². The lowest BCUT2D eigenvalue weighted by molar-refractivity contribution is -0.117. The van der Waals surface area contributed by atoms with Crippen LogP contribution in [0.25, 0.3) is 22.2 Å². The van der Waals surface area contributed by atoms with Gasteiger partial charge in [0.15, 0.2) is 5.13 Å². The number of aromatic amines is 1. The number of methoxy groups -OCH3 is 1. The molecule has 0 aliphatic rings. The Hall–Kier alpha value is -3.99. The van der Waals surface area contributed by atoms with E-state index in [1.165, 1.54) is 11.3 Å². The molecule has 5 aromatic rings. The van der Waals surface area contributed by atoms with Crippen molar-refractivity contribution in [3.63, 3.8) is 0 Å². The van der Waals surface area contributed by atoms with Crippen molar-refractivity contribution in [2.45, 2.75) is 37.1 Å². The zero-order valence-corrected chi connectivity index (χ0v) is 24.0. The van der Waals surface area contributed by atoms with Crippen LogP contribution in [0.15, 0.2) is 89.3 Å². The smallest absolute Gasteiger partial charge is 0.244 e. The molecule has 3 aromatic carbocycles. The van der Waals surface area contributed by atoms with E-state index in [1.807, 2.05) is 74.0 Å². The summed E-state index contributed by atoms with van der Waals surface area (Å²) in [5.74, 6) is 0.508. The Labute approximate surface area is 237 Å². The highest BCUT2D eigenvalue weighted by Gasteiger charge is 2.28. The number of ether oxygens (including phenoxy) is 1. The minimum Gasteiger partial charge on any atom is -0.497 e. The maximum Gasteiger partial charge on any atom is 0.244 e. The molecule has 0 fully saturated rings. The Morgan fingerprint density at radius 1 is 1.02 bits per heavy atom. The summed E-state index contributed by atoms with van der Waals surface area (Å²) in [4.78, 5) is 21.4. The molecule has 0 spiro atoms. The van der Waals surface area contributed by atoms with Crippen molar-refractivity contribution in [2.24, 2.45) is 0 Å². The number of rotatable bonds is 10. The predicted molar refractivity (Wildman–Crippen MR) is 159 cm³/mol. The third kappa shape index (κ3) is 6.09. The summed E-state index contributed by atoms with van der Waals surface area (Å²) in [5, 5.41) is 5.96. The molecule has 0 unspecified atom stereocenters. The summed E-state index contributed by atoms with van der Waals surface area (Å²) >= 11 is 1.27. The lowest BCUT2D eigenvalue weighted by Gasteiger charge is -2.18. The van der Waals surface area contributed by atoms with Crippen LogP contribution in [0.1, 0.15) is 30.9 Å². The predicted octanol–water partition coefficient (Wildman–Crippen LogP) is 5.95. The Bertz CT molecular complexity index is 1720. The number of H-pyrrole nitrogens is 1. The number of carbonyl (C=O) groups excluding carboxylic acids is 1. The Morgan fingerprint density at radius 2 is 1.75 bits per heavy atom. The van der Waals surface area contributed by atoms with Crippen LogP contribution < -0.4 is 14.8 Å². The van der Waals surface area contributed by atoms with Crippen molar-refractivity contribution in [2.75, 3.05) is 12.4 Å². The number of amides is 1. The molecule has 0 saturated heterocycles. The normalized spacial score (nSPS) is 12.5. The second kappa shape index (κ2) is 11.6. The molecule has 0 radical (unpaired) electrons. The maximum absolute atomic E-state index is 13.6. The summed E-state index contributed by atoms with van der Waals surface area (Å²) in [6.07, 6.45) is 1.96. The van der Waals surface area contributed by atoms with Crippen LogP contribution in [0, 0.1) is 0 Å². The van der Waals surface area contributed by atoms with Crippen molar-refractivity contribution in [1.29, 1.82) is 0 Å². The van der Waals surface area contributed by atoms with Crippen molar-refractivity contribution >= 4 is 43.3 Å². The molecule has 0 aliphatic carbocycles. The SMILES string of the molecule is COc1ccc(-c2csc(NC(=O)[C@H](Cc3c[nH]c4ccccc34)NS(=O)(=O)c3ccc(C(C)C)cc3)n2)cc1. The third-order valence-electron chi connectivity index (χ3n) is 6.69. The standard InChI is InChI=1S/C30H30N4O4S2/c1-19(2)20-10-14-24(15-11-20)40(36,37)34-27(16-22-17-31-26-7-5-4-6-25(22)26)29(35)33-30-32-28(18-39-30)21-8-12-23(38-3)13-9-21/h4-15,17-19,27,31,34H,16H2,1-3H3,(H,32,33,35)/t27-/m0/s1. The summed E-state index contributed by atoms with van der Waals surface area (Å²) in [7, 11) is -2.39. The maximum atomic E-state index is 13.6. The fourth-order valence-corrected chi connectivity index (χ4v) is 6.33. The van der Waals surface area contributed by atoms with Crippen LogP contribution in [-0.4, -0.2) is 37.4 Å². The molecule has 206 valence electrons. The molecule has 8 nitrogen and oxygen atoms in total. The lowest BCUT2D eigenvalue weighted by atomic mass is 10.0. The summed E-state index contributed by atoms with van der Waals surface area (Å²) in [6.45, 7) is 4.09. The van der Waals surface area contributed by atoms with Gasteiger partial charge in [0.25, 0.3) is 0 Å². The number of para-hydroxylation sites is 1. The minimum atomic E-state index is -3.99. The number of hydrogen-bond donors (Lipinski definition) is 3. The largest absolute Gasteiger partial charge is 0.497 e. The quantitative estimate of drug-likeness (QED) is 0.191. The Balaban J connectivity index is 1.40. The first kappa shape index (κ1) is 27.6. The van der Waals surface area contributed by atoms with E-state index >= 15 is 0 Å². The second-order valence-corrected chi connectivity index (χ2v) is 12.3. The fraction of sp³-hybridized carbons (Fsp3) is 0.200. The molecule has 0 aliphatic heterocycles. The number of anilines is 1. The molecule has 1 amide bonds. The van der Waals surface area contributed by atoms with Gasteiger partial charge in [-0.1, -0.05) is 44.2 Å². The van der Waals surface area contributed by atoms with E-state index in [4.69, 9.17) is 4.74 Å². The van der Waals surface area contributed by atoms with Gasteiger partial charge < -0.3 is 15.0 Å². The summed E-state index contributed by atoms with van der Waals surface area (Å²) in [5.41, 5.74) is 4.34. The van der Waals surface area contributed by atoms with E-state index in [9.17, 15) is 13.2 Å². The third-order valence-corrected chi connectivity index (χ3v) is 8.94. The molecule has 5 rings (SSSR count). The average Bonchev–Trinajstić information content (AvgIpc) is 3.60. The van der Waals surface area contributed by atoms with Gasteiger partial charge in [-0.3, -0.25) is 4.79 Å². The fourth-order valence-electron chi connectivity index (χ4n) is 4.41. The molecule has 1 atom stereocenters. The first-order valence-corrected chi connectivity index (χ1v) is 15.2. The highest BCUT2D eigenvalue weighted by atomic mass is 32.2. The number of benzene rings is 3. The summed E-state index contributed by atoms with van der Waals surface area (Å²) in [6, 6.07) is 20.8. The van der Waals surface area contributed by atoms with Gasteiger partial charge in [-0.25, -0.2) is 13.4 Å². The number of nitrogens with zero attached hydrogens (tertiary/aromatic N) is 1. The summed E-state index contributed by atoms with van der Waals surface area (Å²) < 4.78 is 34.6.